The van der Waals surface area contributed by atoms with Crippen molar-refractivity contribution in [3.05, 3.63) is 58.8 Å². The summed E-state index contributed by atoms with van der Waals surface area (Å²) in [5.41, 5.74) is -6.53. The van der Waals surface area contributed by atoms with Crippen LogP contribution in [0.5, 0.6) is 0 Å². The van der Waals surface area contributed by atoms with E-state index in [0.29, 0.717) is 21.8 Å². The highest BCUT2D eigenvalue weighted by Gasteiger charge is 2.73. The molecule has 0 radical (unpaired) electrons. The minimum absolute atomic E-state index is 0.0622. The van der Waals surface area contributed by atoms with Gasteiger partial charge in [0.1, 0.15) is 28.9 Å². The lowest BCUT2D eigenvalue weighted by Gasteiger charge is -2.63. The Morgan fingerprint density at radius 3 is 1.65 bits per heavy atom. The topological polar surface area (TPSA) is 179 Å². The van der Waals surface area contributed by atoms with Crippen molar-refractivity contribution in [2.45, 2.75) is 76.3 Å². The number of benzene rings is 2. The summed E-state index contributed by atoms with van der Waals surface area (Å²) < 4.78 is 11.4. The van der Waals surface area contributed by atoms with Crippen molar-refractivity contribution in [1.29, 1.82) is 0 Å². The zero-order valence-corrected chi connectivity index (χ0v) is 24.0. The lowest BCUT2D eigenvalue weighted by atomic mass is 9.61. The molecule has 222 valence electrons. The number of aliphatic hydroxyl groups is 5. The third-order valence-electron chi connectivity index (χ3n) is 8.02. The number of carboxylic acids is 1. The number of hydrogen-bond donors (Lipinski definition) is 6. The molecule has 2 aromatic carbocycles. The van der Waals surface area contributed by atoms with Gasteiger partial charge in [0.05, 0.1) is 17.6 Å². The van der Waals surface area contributed by atoms with Gasteiger partial charge in [0.25, 0.3) is 0 Å². The fraction of sp³-hybridized carbons (Fsp3) is 0.517. The number of aromatic nitrogens is 1. The van der Waals surface area contributed by atoms with Crippen molar-refractivity contribution in [2.24, 2.45) is 0 Å². The Bertz CT molecular complexity index is 1330. The van der Waals surface area contributed by atoms with Crippen LogP contribution in [-0.4, -0.2) is 89.7 Å². The number of aliphatic hydroxyl groups excluding tert-OH is 1. The molecule has 11 heteroatoms. The highest BCUT2D eigenvalue weighted by molar-refractivity contribution is 5.94. The minimum Gasteiger partial charge on any atom is -0.480 e. The molecule has 2 unspecified atom stereocenters. The van der Waals surface area contributed by atoms with Gasteiger partial charge in [0.2, 0.25) is 0 Å². The number of carbonyl (C=O) groups is 1. The molecule has 1 aromatic heterocycles. The fourth-order valence-electron chi connectivity index (χ4n) is 4.65. The first kappa shape index (κ1) is 33.3. The quantitative estimate of drug-likeness (QED) is 0.256. The summed E-state index contributed by atoms with van der Waals surface area (Å²) in [7, 11) is 1.68. The zero-order valence-electron chi connectivity index (χ0n) is 24.0. The maximum absolute atomic E-state index is 12.4. The van der Waals surface area contributed by atoms with E-state index in [1.54, 1.807) is 60.2 Å². The summed E-state index contributed by atoms with van der Waals surface area (Å²) in [5.74, 6) is -3.05. The molecule has 1 aliphatic heterocycles. The highest BCUT2D eigenvalue weighted by Crippen LogP contribution is 2.52. The number of rotatable bonds is 4. The average Bonchev–Trinajstić information content (AvgIpc) is 2.90. The van der Waals surface area contributed by atoms with E-state index in [-0.39, 0.29) is 12.0 Å². The first-order valence-electron chi connectivity index (χ1n) is 12.8. The smallest absolute Gasteiger partial charge is 0.323 e. The Hall–Kier alpha value is -2.90. The molecule has 0 spiro atoms. The Labute approximate surface area is 232 Å². The van der Waals surface area contributed by atoms with Crippen LogP contribution < -0.4 is 5.43 Å². The van der Waals surface area contributed by atoms with E-state index in [9.17, 15) is 35.1 Å². The van der Waals surface area contributed by atoms with Gasteiger partial charge in [-0.15, -0.1) is 0 Å². The van der Waals surface area contributed by atoms with E-state index in [0.717, 1.165) is 6.61 Å². The second-order valence-electron chi connectivity index (χ2n) is 10.6. The van der Waals surface area contributed by atoms with Crippen LogP contribution in [0.25, 0.3) is 21.8 Å². The van der Waals surface area contributed by atoms with Gasteiger partial charge < -0.3 is 44.7 Å². The standard InChI is InChI=1S/C15H11NO3.C11H22O6.C3H8O/c17-14(18)9-16-12-7-3-1-5-10(12)15(19)11-6-2-4-8-13(11)16;1-7(6-12)8(2,13)9(3,14)10(4,15)11(5,16)17-7;1-3-4-2/h1-8H,9H2,(H,17,18);12-16H,6H2,1-5H3;3H2,1-2H3/t;7?,8-,9?,10+,11-;/m.0./s1. The number of aliphatic carboxylic acids is 1. The minimum atomic E-state index is -2.11. The lowest BCUT2D eigenvalue weighted by Crippen LogP contribution is -2.84. The van der Waals surface area contributed by atoms with Crippen LogP contribution in [0.3, 0.4) is 0 Å². The molecule has 2 heterocycles. The van der Waals surface area contributed by atoms with Crippen molar-refractivity contribution in [3.8, 4) is 0 Å². The van der Waals surface area contributed by atoms with Crippen LogP contribution in [-0.2, 0) is 20.8 Å². The largest absolute Gasteiger partial charge is 0.480 e. The Balaban J connectivity index is 0.000000249. The maximum Gasteiger partial charge on any atom is 0.323 e. The molecule has 5 atom stereocenters. The number of hydrogen-bond acceptors (Lipinski definition) is 9. The van der Waals surface area contributed by atoms with Crippen LogP contribution in [0.4, 0.5) is 0 Å². The number of pyridine rings is 1. The van der Waals surface area contributed by atoms with Crippen molar-refractivity contribution in [3.63, 3.8) is 0 Å². The second kappa shape index (κ2) is 11.9. The molecule has 0 amide bonds. The van der Waals surface area contributed by atoms with Crippen molar-refractivity contribution < 1.29 is 44.9 Å². The Kier molecular flexibility index (Phi) is 9.92. The van der Waals surface area contributed by atoms with Gasteiger partial charge >= 0.3 is 5.97 Å². The van der Waals surface area contributed by atoms with E-state index in [2.05, 4.69) is 4.74 Å². The van der Waals surface area contributed by atoms with Gasteiger partial charge in [-0.3, -0.25) is 9.59 Å². The number of nitrogens with zero attached hydrogens (tertiary/aromatic N) is 1. The van der Waals surface area contributed by atoms with Gasteiger partial charge in [0.15, 0.2) is 11.2 Å². The predicted octanol–water partition coefficient (Wildman–Crippen LogP) is 1.62. The van der Waals surface area contributed by atoms with Gasteiger partial charge in [0, 0.05) is 24.5 Å². The number of carboxylic acid groups (broad SMARTS) is 1. The monoisotopic (exact) mass is 563 g/mol. The third kappa shape index (κ3) is 5.64. The Morgan fingerprint density at radius 2 is 1.27 bits per heavy atom. The van der Waals surface area contributed by atoms with Crippen molar-refractivity contribution in [1.82, 2.24) is 4.57 Å². The molecule has 40 heavy (non-hydrogen) atoms. The fourth-order valence-corrected chi connectivity index (χ4v) is 4.65. The molecule has 6 N–H and O–H groups in total. The van der Waals surface area contributed by atoms with Crippen LogP contribution in [0, 0.1) is 0 Å². The molecule has 0 bridgehead atoms. The van der Waals surface area contributed by atoms with Crippen LogP contribution in [0.2, 0.25) is 0 Å². The summed E-state index contributed by atoms with van der Waals surface area (Å²) in [6, 6.07) is 14.2. The normalized spacial score (nSPS) is 31.6. The summed E-state index contributed by atoms with van der Waals surface area (Å²) in [6.07, 6.45) is 0. The van der Waals surface area contributed by atoms with Gasteiger partial charge in [-0.1, -0.05) is 24.3 Å². The van der Waals surface area contributed by atoms with Crippen molar-refractivity contribution in [2.75, 3.05) is 20.3 Å². The molecule has 0 saturated carbocycles. The molecule has 1 saturated heterocycles. The van der Waals surface area contributed by atoms with Gasteiger partial charge in [-0.05, 0) is 65.8 Å². The molecular weight excluding hydrogens is 522 g/mol. The van der Waals surface area contributed by atoms with E-state index in [1.807, 2.05) is 6.92 Å². The molecule has 4 rings (SSSR count). The number of fused-ring (bicyclic) bond motifs is 2. The number of para-hydroxylation sites is 2. The highest BCUT2D eigenvalue weighted by atomic mass is 16.7. The molecule has 1 aliphatic rings. The lowest BCUT2D eigenvalue weighted by molar-refractivity contribution is -0.449. The van der Waals surface area contributed by atoms with E-state index in [1.165, 1.54) is 34.6 Å². The third-order valence-corrected chi connectivity index (χ3v) is 8.02. The van der Waals surface area contributed by atoms with Crippen LogP contribution in [0.15, 0.2) is 53.3 Å². The zero-order chi connectivity index (χ0) is 30.7. The first-order chi connectivity index (χ1) is 18.4. The van der Waals surface area contributed by atoms with E-state index < -0.39 is 40.8 Å². The van der Waals surface area contributed by atoms with Crippen molar-refractivity contribution >= 4 is 27.8 Å². The summed E-state index contributed by atoms with van der Waals surface area (Å²) in [5, 5.41) is 60.5. The molecule has 1 fully saturated rings. The summed E-state index contributed by atoms with van der Waals surface area (Å²) in [4.78, 5) is 23.4. The molecular formula is C29H41NO10. The second-order valence-corrected chi connectivity index (χ2v) is 10.6. The number of ether oxygens (including phenoxy) is 2. The summed E-state index contributed by atoms with van der Waals surface area (Å²) in [6.45, 7) is 8.11. The van der Waals surface area contributed by atoms with Crippen LogP contribution >= 0.6 is 0 Å². The molecule has 3 aromatic rings. The van der Waals surface area contributed by atoms with E-state index in [4.69, 9.17) is 9.84 Å². The average molecular weight is 564 g/mol. The first-order valence-corrected chi connectivity index (χ1v) is 12.8. The molecule has 0 aliphatic carbocycles. The Morgan fingerprint density at radius 1 is 0.850 bits per heavy atom. The summed E-state index contributed by atoms with van der Waals surface area (Å²) >= 11 is 0. The van der Waals surface area contributed by atoms with Gasteiger partial charge in [-0.25, -0.2) is 0 Å². The maximum atomic E-state index is 12.4. The predicted molar refractivity (Wildman–Crippen MR) is 150 cm³/mol. The SMILES string of the molecule is CC1(CO)O[C@](C)(O)[C@](C)(O)C(C)(O)[C@@]1(C)O.CCOC.O=C(O)Cn1c2ccccc2c(=O)c2ccccc21. The number of methoxy groups -OCH3 is 1. The van der Waals surface area contributed by atoms with Gasteiger partial charge in [-0.2, -0.15) is 0 Å². The van der Waals surface area contributed by atoms with Crippen LogP contribution in [0.1, 0.15) is 41.5 Å². The van der Waals surface area contributed by atoms with E-state index >= 15 is 0 Å². The molecule has 11 nitrogen and oxygen atoms in total.